The lowest BCUT2D eigenvalue weighted by Crippen LogP contribution is -2.36. The zero-order valence-electron chi connectivity index (χ0n) is 9.86. The number of rotatable bonds is 4. The van der Waals surface area contributed by atoms with Crippen LogP contribution in [0.2, 0.25) is 0 Å². The topological polar surface area (TPSA) is 60.4 Å². The van der Waals surface area contributed by atoms with Crippen molar-refractivity contribution in [2.24, 2.45) is 0 Å². The van der Waals surface area contributed by atoms with Gasteiger partial charge in [-0.25, -0.2) is 4.79 Å². The minimum absolute atomic E-state index is 0.126. The number of quaternary nitrogens is 1. The Morgan fingerprint density at radius 1 is 1.38 bits per heavy atom. The number of aromatic carboxylic acids is 1. The molecule has 0 aliphatic carbocycles. The lowest BCUT2D eigenvalue weighted by molar-refractivity contribution is -0.870. The first kappa shape index (κ1) is 12.5. The standard InChI is InChI=1S/C12H17NO3/c1-13(2,3)7-6-9-4-5-10(14)8-11(9)12(15)16/h4-5,8H,6-7H2,1-3H3,(H-,14,15,16). The summed E-state index contributed by atoms with van der Waals surface area (Å²) in [7, 11) is 6.13. The van der Waals surface area contributed by atoms with Gasteiger partial charge in [0.1, 0.15) is 0 Å². The first-order valence-corrected chi connectivity index (χ1v) is 5.13. The normalized spacial score (nSPS) is 11.4. The van der Waals surface area contributed by atoms with Gasteiger partial charge in [0.15, 0.2) is 0 Å². The van der Waals surface area contributed by atoms with Crippen molar-refractivity contribution in [2.75, 3.05) is 27.7 Å². The van der Waals surface area contributed by atoms with Crippen molar-refractivity contribution in [1.29, 1.82) is 0 Å². The van der Waals surface area contributed by atoms with Crippen LogP contribution >= 0.6 is 0 Å². The molecule has 0 saturated heterocycles. The van der Waals surface area contributed by atoms with E-state index in [9.17, 15) is 9.90 Å². The van der Waals surface area contributed by atoms with Crippen LogP contribution in [0, 0.1) is 0 Å². The molecular weight excluding hydrogens is 206 g/mol. The van der Waals surface area contributed by atoms with Gasteiger partial charge in [0.25, 0.3) is 0 Å². The minimum Gasteiger partial charge on any atom is -0.872 e. The molecule has 0 spiro atoms. The number of carboxylic acid groups (broad SMARTS) is 1. The van der Waals surface area contributed by atoms with Crippen LogP contribution in [0.3, 0.4) is 0 Å². The molecule has 0 unspecified atom stereocenters. The fourth-order valence-electron chi connectivity index (χ4n) is 1.43. The molecule has 1 aromatic carbocycles. The Kier molecular flexibility index (Phi) is 3.55. The monoisotopic (exact) mass is 223 g/mol. The predicted molar refractivity (Wildman–Crippen MR) is 59.5 cm³/mol. The first-order chi connectivity index (χ1) is 7.29. The summed E-state index contributed by atoms with van der Waals surface area (Å²) in [5, 5.41) is 20.1. The Balaban J connectivity index is 2.91. The molecule has 1 aromatic rings. The van der Waals surface area contributed by atoms with E-state index in [4.69, 9.17) is 5.11 Å². The number of likely N-dealkylation sites (N-methyl/N-ethyl adjacent to an activating group) is 1. The highest BCUT2D eigenvalue weighted by Crippen LogP contribution is 2.16. The van der Waals surface area contributed by atoms with E-state index >= 15 is 0 Å². The van der Waals surface area contributed by atoms with Crippen molar-refractivity contribution in [3.05, 3.63) is 29.3 Å². The first-order valence-electron chi connectivity index (χ1n) is 5.13. The van der Waals surface area contributed by atoms with Crippen LogP contribution in [0.4, 0.5) is 0 Å². The van der Waals surface area contributed by atoms with Gasteiger partial charge in [-0.05, 0) is 5.56 Å². The van der Waals surface area contributed by atoms with Crippen LogP contribution in [-0.2, 0) is 6.42 Å². The van der Waals surface area contributed by atoms with Crippen LogP contribution in [0.5, 0.6) is 5.75 Å². The van der Waals surface area contributed by atoms with Gasteiger partial charge in [0, 0.05) is 6.42 Å². The molecule has 88 valence electrons. The molecule has 16 heavy (non-hydrogen) atoms. The van der Waals surface area contributed by atoms with Crippen LogP contribution in [0.15, 0.2) is 18.2 Å². The van der Waals surface area contributed by atoms with E-state index in [1.807, 2.05) is 21.1 Å². The summed E-state index contributed by atoms with van der Waals surface area (Å²) >= 11 is 0. The highest BCUT2D eigenvalue weighted by atomic mass is 16.4. The van der Waals surface area contributed by atoms with Gasteiger partial charge in [-0.15, -0.1) is 5.75 Å². The van der Waals surface area contributed by atoms with Crippen LogP contribution < -0.4 is 5.11 Å². The molecule has 0 aliphatic heterocycles. The summed E-state index contributed by atoms with van der Waals surface area (Å²) in [6.07, 6.45) is 0.658. The third-order valence-corrected chi connectivity index (χ3v) is 2.36. The fraction of sp³-hybridized carbons (Fsp3) is 0.417. The molecule has 0 saturated carbocycles. The second kappa shape index (κ2) is 4.53. The zero-order chi connectivity index (χ0) is 12.3. The molecule has 4 heteroatoms. The number of hydrogen-bond acceptors (Lipinski definition) is 2. The third-order valence-electron chi connectivity index (χ3n) is 2.36. The molecule has 0 fully saturated rings. The van der Waals surface area contributed by atoms with Gasteiger partial charge in [-0.2, -0.15) is 0 Å². The fourth-order valence-corrected chi connectivity index (χ4v) is 1.43. The average molecular weight is 223 g/mol. The van der Waals surface area contributed by atoms with Crippen molar-refractivity contribution in [2.45, 2.75) is 6.42 Å². The van der Waals surface area contributed by atoms with Gasteiger partial charge < -0.3 is 14.7 Å². The Morgan fingerprint density at radius 2 is 2.00 bits per heavy atom. The second-order valence-corrected chi connectivity index (χ2v) is 4.89. The highest BCUT2D eigenvalue weighted by Gasteiger charge is 2.13. The molecule has 0 heterocycles. The average Bonchev–Trinajstić information content (AvgIpc) is 2.14. The Morgan fingerprint density at radius 3 is 2.50 bits per heavy atom. The number of carboxylic acids is 1. The van der Waals surface area contributed by atoms with E-state index in [1.54, 1.807) is 6.07 Å². The van der Waals surface area contributed by atoms with Crippen molar-refractivity contribution in [3.63, 3.8) is 0 Å². The van der Waals surface area contributed by atoms with Crippen LogP contribution in [-0.4, -0.2) is 43.2 Å². The van der Waals surface area contributed by atoms with E-state index in [-0.39, 0.29) is 11.3 Å². The molecular formula is C12H17NO3. The van der Waals surface area contributed by atoms with E-state index in [2.05, 4.69) is 0 Å². The third kappa shape index (κ3) is 3.55. The smallest absolute Gasteiger partial charge is 0.335 e. The van der Waals surface area contributed by atoms with E-state index in [0.29, 0.717) is 6.42 Å². The van der Waals surface area contributed by atoms with Crippen LogP contribution in [0.1, 0.15) is 15.9 Å². The maximum Gasteiger partial charge on any atom is 0.335 e. The van der Waals surface area contributed by atoms with Crippen LogP contribution in [0.25, 0.3) is 0 Å². The summed E-state index contributed by atoms with van der Waals surface area (Å²) in [6.45, 7) is 0.832. The number of nitrogens with zero attached hydrogens (tertiary/aromatic N) is 1. The lowest BCUT2D eigenvalue weighted by atomic mass is 10.0. The minimum atomic E-state index is -1.03. The molecule has 0 radical (unpaired) electrons. The molecule has 1 N–H and O–H groups in total. The largest absolute Gasteiger partial charge is 0.872 e. The van der Waals surface area contributed by atoms with Gasteiger partial charge in [-0.1, -0.05) is 18.2 Å². The van der Waals surface area contributed by atoms with Crippen molar-refractivity contribution in [3.8, 4) is 5.75 Å². The molecule has 1 rings (SSSR count). The Bertz CT molecular complexity index is 394. The predicted octanol–water partition coefficient (Wildman–Crippen LogP) is 0.707. The number of carbonyl (C=O) groups is 1. The Hall–Kier alpha value is -1.55. The van der Waals surface area contributed by atoms with Crippen molar-refractivity contribution < 1.29 is 19.5 Å². The zero-order valence-corrected chi connectivity index (χ0v) is 9.86. The molecule has 0 bridgehead atoms. The number of hydrogen-bond donors (Lipinski definition) is 1. The van der Waals surface area contributed by atoms with Gasteiger partial charge in [0.05, 0.1) is 33.3 Å². The van der Waals surface area contributed by atoms with Crippen molar-refractivity contribution >= 4 is 5.97 Å². The van der Waals surface area contributed by atoms with E-state index in [1.165, 1.54) is 12.1 Å². The summed E-state index contributed by atoms with van der Waals surface area (Å²) in [5.74, 6) is -1.29. The summed E-state index contributed by atoms with van der Waals surface area (Å²) in [5.41, 5.74) is 0.848. The maximum absolute atomic E-state index is 11.1. The van der Waals surface area contributed by atoms with Gasteiger partial charge in [-0.3, -0.25) is 0 Å². The number of benzene rings is 1. The van der Waals surface area contributed by atoms with Crippen molar-refractivity contribution in [1.82, 2.24) is 0 Å². The lowest BCUT2D eigenvalue weighted by Gasteiger charge is -2.24. The SMILES string of the molecule is C[N+](C)(C)CCc1ccc([O-])cc1C(=O)O. The van der Waals surface area contributed by atoms with Gasteiger partial charge in [0.2, 0.25) is 0 Å². The highest BCUT2D eigenvalue weighted by molar-refractivity contribution is 5.89. The summed E-state index contributed by atoms with van der Waals surface area (Å²) in [6, 6.07) is 4.21. The van der Waals surface area contributed by atoms with E-state index < -0.39 is 5.97 Å². The molecule has 0 aliphatic rings. The molecule has 0 atom stereocenters. The molecule has 0 amide bonds. The molecule has 0 aromatic heterocycles. The summed E-state index contributed by atoms with van der Waals surface area (Å²) in [4.78, 5) is 11.0. The second-order valence-electron chi connectivity index (χ2n) is 4.89. The molecule has 4 nitrogen and oxygen atoms in total. The van der Waals surface area contributed by atoms with E-state index in [0.717, 1.165) is 16.6 Å². The maximum atomic E-state index is 11.1. The summed E-state index contributed by atoms with van der Waals surface area (Å²) < 4.78 is 0.762. The van der Waals surface area contributed by atoms with Gasteiger partial charge >= 0.3 is 5.97 Å². The Labute approximate surface area is 95.3 Å². The quantitative estimate of drug-likeness (QED) is 0.765.